The Morgan fingerprint density at radius 2 is 1.76 bits per heavy atom. The summed E-state index contributed by atoms with van der Waals surface area (Å²) >= 11 is 6.50. The Morgan fingerprint density at radius 1 is 1.02 bits per heavy atom. The van der Waals surface area contributed by atoms with Crippen molar-refractivity contribution in [1.82, 2.24) is 4.98 Å². The number of carboxylic acid groups (broad SMARTS) is 1. The number of H-pyrrole nitrogens is 1. The summed E-state index contributed by atoms with van der Waals surface area (Å²) in [7, 11) is 0. The molecular weight excluding hydrogens is 546 g/mol. The first-order chi connectivity index (χ1) is 19.9. The number of rotatable bonds is 1. The van der Waals surface area contributed by atoms with E-state index in [2.05, 4.69) is 51.0 Å². The van der Waals surface area contributed by atoms with Crippen molar-refractivity contribution in [3.63, 3.8) is 0 Å². The third kappa shape index (κ3) is 4.13. The number of carbonyl (C=O) groups is 1. The highest BCUT2D eigenvalue weighted by atomic mass is 35.5. The van der Waals surface area contributed by atoms with Crippen LogP contribution < -0.4 is 0 Å². The third-order valence-electron chi connectivity index (χ3n) is 12.3. The van der Waals surface area contributed by atoms with Crippen LogP contribution in [0.2, 0.25) is 5.02 Å². The number of aromatic amines is 1. The topological polar surface area (TPSA) is 93.5 Å². The number of hydrogen-bond acceptors (Lipinski definition) is 3. The van der Waals surface area contributed by atoms with Crippen molar-refractivity contribution in [3.05, 3.63) is 69.4 Å². The second-order valence-corrected chi connectivity index (χ2v) is 14.9. The van der Waals surface area contributed by atoms with E-state index < -0.39 is 0 Å². The molecule has 1 unspecified atom stereocenters. The molecule has 7 rings (SSSR count). The van der Waals surface area contributed by atoms with E-state index in [-0.39, 0.29) is 34.7 Å². The van der Waals surface area contributed by atoms with Crippen LogP contribution in [-0.2, 0) is 10.2 Å². The number of nitrogens with one attached hydrogen (secondary N) is 1. The van der Waals surface area contributed by atoms with E-state index in [1.165, 1.54) is 49.7 Å². The van der Waals surface area contributed by atoms with Crippen molar-refractivity contribution < 1.29 is 20.1 Å². The number of hydrogen-bond donors (Lipinski definition) is 4. The average Bonchev–Trinajstić information content (AvgIpc) is 3.36. The summed E-state index contributed by atoms with van der Waals surface area (Å²) in [6.45, 7) is 11.7. The Balaban J connectivity index is 0.00000101. The smallest absolute Gasteiger partial charge is 0.290 e. The van der Waals surface area contributed by atoms with Crippen LogP contribution in [0.1, 0.15) is 101 Å². The summed E-state index contributed by atoms with van der Waals surface area (Å²) in [6.07, 6.45) is 13.6. The van der Waals surface area contributed by atoms with Crippen LogP contribution in [0.25, 0.3) is 10.9 Å². The molecule has 3 aromatic rings. The molecule has 4 aliphatic rings. The molecule has 0 aliphatic heterocycles. The van der Waals surface area contributed by atoms with Crippen LogP contribution >= 0.6 is 11.6 Å². The molecule has 0 spiro atoms. The molecule has 4 aliphatic carbocycles. The van der Waals surface area contributed by atoms with E-state index in [0.29, 0.717) is 11.3 Å². The Morgan fingerprint density at radius 3 is 2.50 bits per heavy atom. The Kier molecular flexibility index (Phi) is 7.00. The van der Waals surface area contributed by atoms with Crippen molar-refractivity contribution in [2.75, 3.05) is 0 Å². The van der Waals surface area contributed by atoms with Crippen LogP contribution in [0.3, 0.4) is 0 Å². The zero-order chi connectivity index (χ0) is 30.2. The lowest BCUT2D eigenvalue weighted by atomic mass is 9.40. The molecule has 0 amide bonds. The first kappa shape index (κ1) is 29.2. The van der Waals surface area contributed by atoms with Gasteiger partial charge in [0.05, 0.1) is 0 Å². The number of fused-ring (bicyclic) bond motifs is 8. The van der Waals surface area contributed by atoms with Gasteiger partial charge in [0.25, 0.3) is 6.47 Å². The monoisotopic (exact) mass is 589 g/mol. The summed E-state index contributed by atoms with van der Waals surface area (Å²) in [6, 6.07) is 7.93. The largest absolute Gasteiger partial charge is 0.504 e. The fourth-order valence-corrected chi connectivity index (χ4v) is 10.2. The zero-order valence-corrected chi connectivity index (χ0v) is 26.2. The van der Waals surface area contributed by atoms with Crippen molar-refractivity contribution in [2.45, 2.75) is 90.9 Å². The molecule has 4 N–H and O–H groups in total. The SMILES string of the molecule is Cc1c(O)c(O)cc2c1[C@H](c1c[nH]c3ccc(Cl)cc13)C=C1[C@@]2(C)CCC2[C@@H]3C[C@@H](C)CC[C@]3(C)CC[C@]12C.O=CO. The maximum absolute atomic E-state index is 10.9. The molecule has 6 heteroatoms. The summed E-state index contributed by atoms with van der Waals surface area (Å²) in [5.41, 5.74) is 7.36. The number of phenolic OH excluding ortho intramolecular Hbond substituents is 2. The molecule has 224 valence electrons. The van der Waals surface area contributed by atoms with Crippen molar-refractivity contribution in [3.8, 4) is 11.5 Å². The van der Waals surface area contributed by atoms with Crippen LogP contribution in [0.4, 0.5) is 0 Å². The quantitative estimate of drug-likeness (QED) is 0.129. The minimum absolute atomic E-state index is 0.000882. The van der Waals surface area contributed by atoms with Crippen molar-refractivity contribution in [2.24, 2.45) is 28.6 Å². The molecule has 3 fully saturated rings. The second kappa shape index (κ2) is 10.1. The lowest BCUT2D eigenvalue weighted by Gasteiger charge is -2.64. The fourth-order valence-electron chi connectivity index (χ4n) is 9.98. The maximum atomic E-state index is 10.9. The van der Waals surface area contributed by atoms with Crippen molar-refractivity contribution in [1.29, 1.82) is 0 Å². The molecule has 0 bridgehead atoms. The minimum Gasteiger partial charge on any atom is -0.504 e. The van der Waals surface area contributed by atoms with E-state index in [4.69, 9.17) is 21.5 Å². The van der Waals surface area contributed by atoms with Gasteiger partial charge in [-0.15, -0.1) is 0 Å². The average molecular weight is 590 g/mol. The summed E-state index contributed by atoms with van der Waals surface area (Å²) in [5, 5.41) is 30.6. The number of allylic oxidation sites excluding steroid dienone is 2. The van der Waals surface area contributed by atoms with Gasteiger partial charge in [-0.3, -0.25) is 4.79 Å². The molecule has 2 aromatic carbocycles. The van der Waals surface area contributed by atoms with E-state index in [0.717, 1.165) is 45.3 Å². The molecule has 3 saturated carbocycles. The lowest BCUT2D eigenvalue weighted by Crippen LogP contribution is -2.56. The van der Waals surface area contributed by atoms with Gasteiger partial charge in [-0.1, -0.05) is 57.4 Å². The van der Waals surface area contributed by atoms with Crippen LogP contribution in [-0.4, -0.2) is 26.8 Å². The molecule has 5 nitrogen and oxygen atoms in total. The predicted molar refractivity (Wildman–Crippen MR) is 168 cm³/mol. The van der Waals surface area contributed by atoms with Gasteiger partial charge < -0.3 is 20.3 Å². The van der Waals surface area contributed by atoms with Crippen LogP contribution in [0, 0.1) is 35.5 Å². The van der Waals surface area contributed by atoms with Gasteiger partial charge in [-0.2, -0.15) is 0 Å². The van der Waals surface area contributed by atoms with Gasteiger partial charge in [0.1, 0.15) is 0 Å². The summed E-state index contributed by atoms with van der Waals surface area (Å²) in [4.78, 5) is 11.8. The van der Waals surface area contributed by atoms with E-state index in [1.807, 2.05) is 25.1 Å². The highest BCUT2D eigenvalue weighted by molar-refractivity contribution is 6.31. The molecule has 42 heavy (non-hydrogen) atoms. The summed E-state index contributed by atoms with van der Waals surface area (Å²) in [5.74, 6) is 2.25. The Hall–Kier alpha value is -2.92. The zero-order valence-electron chi connectivity index (χ0n) is 25.4. The molecule has 0 radical (unpaired) electrons. The van der Waals surface area contributed by atoms with E-state index >= 15 is 0 Å². The highest BCUT2D eigenvalue weighted by Gasteiger charge is 2.60. The first-order valence-electron chi connectivity index (χ1n) is 15.5. The van der Waals surface area contributed by atoms with Gasteiger partial charge in [-0.25, -0.2) is 0 Å². The second-order valence-electron chi connectivity index (χ2n) is 14.5. The Labute approximate surface area is 254 Å². The lowest BCUT2D eigenvalue weighted by molar-refractivity contribution is -0.122. The number of benzene rings is 2. The number of aromatic nitrogens is 1. The fraction of sp³-hybridized carbons (Fsp3) is 0.528. The Bertz CT molecular complexity index is 1590. The standard InChI is InChI=1S/C35H42ClNO2.CH2O2/c1-19-8-10-33(3)12-13-35(5)25(26(33)14-19)9-11-34(4)27-17-29(38)32(39)20(2)31(27)23(16-30(34)35)24-18-37-28-7-6-21(36)15-22(24)28;2-1-3/h6-7,15-19,23,25-26,37-39H,8-14H2,1-5H3;1H,(H,2,3)/t19-,23-,25?,26-,33+,34-,35-;/m0./s1. The van der Waals surface area contributed by atoms with E-state index in [9.17, 15) is 10.2 Å². The van der Waals surface area contributed by atoms with E-state index in [1.54, 1.807) is 5.57 Å². The molecular formula is C36H44ClNO4. The maximum Gasteiger partial charge on any atom is 0.290 e. The molecule has 0 saturated heterocycles. The van der Waals surface area contributed by atoms with Gasteiger partial charge in [0.2, 0.25) is 0 Å². The molecule has 1 aromatic heterocycles. The molecule has 1 heterocycles. The van der Waals surface area contributed by atoms with Gasteiger partial charge >= 0.3 is 0 Å². The first-order valence-corrected chi connectivity index (χ1v) is 15.9. The predicted octanol–water partition coefficient (Wildman–Crippen LogP) is 9.22. The third-order valence-corrected chi connectivity index (χ3v) is 12.5. The molecule has 7 atom stereocenters. The van der Waals surface area contributed by atoms with Gasteiger partial charge in [0, 0.05) is 33.5 Å². The number of phenols is 2. The number of aromatic hydroxyl groups is 2. The normalized spacial score (nSPS) is 35.0. The van der Waals surface area contributed by atoms with Gasteiger partial charge in [0.15, 0.2) is 11.5 Å². The van der Waals surface area contributed by atoms with Crippen LogP contribution in [0.5, 0.6) is 11.5 Å². The number of halogens is 1. The summed E-state index contributed by atoms with van der Waals surface area (Å²) < 4.78 is 0. The van der Waals surface area contributed by atoms with Gasteiger partial charge in [-0.05, 0) is 121 Å². The van der Waals surface area contributed by atoms with Crippen molar-refractivity contribution >= 4 is 29.0 Å². The van der Waals surface area contributed by atoms with Crippen LogP contribution in [0.15, 0.2) is 42.1 Å². The highest BCUT2D eigenvalue weighted by Crippen LogP contribution is 2.69. The minimum atomic E-state index is -0.250.